The molecule has 2 aromatic rings. The maximum atomic E-state index is 11.4. The molecule has 108 valence electrons. The van der Waals surface area contributed by atoms with Gasteiger partial charge in [-0.3, -0.25) is 0 Å². The Morgan fingerprint density at radius 2 is 1.90 bits per heavy atom. The number of sulfonamides is 1. The Labute approximate surface area is 124 Å². The zero-order valence-electron chi connectivity index (χ0n) is 11.4. The minimum absolute atomic E-state index is 0.0828. The van der Waals surface area contributed by atoms with Crippen LogP contribution in [0.25, 0.3) is 0 Å². The number of nitriles is 1. The molecule has 5 nitrogen and oxygen atoms in total. The number of nitrogens with zero attached hydrogens (tertiary/aromatic N) is 1. The number of rotatable bonds is 4. The van der Waals surface area contributed by atoms with E-state index in [1.807, 2.05) is 19.1 Å². The van der Waals surface area contributed by atoms with E-state index in [2.05, 4.69) is 11.4 Å². The van der Waals surface area contributed by atoms with Crippen molar-refractivity contribution in [3.63, 3.8) is 0 Å². The Hall–Kier alpha value is -2.36. The topological polar surface area (TPSA) is 96.0 Å². The third-order valence-electron chi connectivity index (χ3n) is 3.06. The summed E-state index contributed by atoms with van der Waals surface area (Å²) in [7, 11) is -3.71. The van der Waals surface area contributed by atoms with Crippen molar-refractivity contribution in [1.29, 1.82) is 5.26 Å². The fraction of sp³-hybridized carbons (Fsp3) is 0.133. The predicted octanol–water partition coefficient (Wildman–Crippen LogP) is 2.38. The first-order valence-electron chi connectivity index (χ1n) is 6.29. The molecule has 0 aliphatic carbocycles. The minimum atomic E-state index is -3.71. The van der Waals surface area contributed by atoms with Gasteiger partial charge in [-0.1, -0.05) is 18.2 Å². The maximum Gasteiger partial charge on any atom is 0.238 e. The number of nitrogens with one attached hydrogen (secondary N) is 1. The van der Waals surface area contributed by atoms with Crippen molar-refractivity contribution < 1.29 is 8.42 Å². The van der Waals surface area contributed by atoms with E-state index in [9.17, 15) is 8.42 Å². The summed E-state index contributed by atoms with van der Waals surface area (Å²) in [5.74, 6) is 0. The second-order valence-electron chi connectivity index (χ2n) is 4.68. The highest BCUT2D eigenvalue weighted by Crippen LogP contribution is 2.21. The molecule has 0 radical (unpaired) electrons. The first-order chi connectivity index (χ1) is 9.90. The minimum Gasteiger partial charge on any atom is -0.378 e. The van der Waals surface area contributed by atoms with Crippen molar-refractivity contribution in [3.8, 4) is 6.07 Å². The smallest absolute Gasteiger partial charge is 0.238 e. The van der Waals surface area contributed by atoms with Gasteiger partial charge in [-0.25, -0.2) is 13.6 Å². The average Bonchev–Trinajstić information content (AvgIpc) is 2.46. The van der Waals surface area contributed by atoms with Gasteiger partial charge in [0.25, 0.3) is 0 Å². The van der Waals surface area contributed by atoms with Gasteiger partial charge in [0, 0.05) is 11.7 Å². The lowest BCUT2D eigenvalue weighted by Crippen LogP contribution is -2.13. The molecule has 0 fully saturated rings. The molecule has 1 unspecified atom stereocenters. The first-order valence-corrected chi connectivity index (χ1v) is 7.84. The van der Waals surface area contributed by atoms with E-state index in [1.54, 1.807) is 30.3 Å². The SMILES string of the molecule is CC(Nc1cccc(C#N)c1)c1cccc(S(N)(=O)=O)c1. The summed E-state index contributed by atoms with van der Waals surface area (Å²) in [5, 5.41) is 17.2. The standard InChI is InChI=1S/C15H15N3O2S/c1-11(18-14-6-2-4-12(8-14)10-16)13-5-3-7-15(9-13)21(17,19)20/h2-9,11,18H,1H3,(H2,17,19,20). The van der Waals surface area contributed by atoms with Crippen molar-refractivity contribution in [2.24, 2.45) is 5.14 Å². The lowest BCUT2D eigenvalue weighted by Gasteiger charge is -2.16. The molecule has 0 saturated carbocycles. The summed E-state index contributed by atoms with van der Waals surface area (Å²) in [5.41, 5.74) is 2.15. The number of benzene rings is 2. The van der Waals surface area contributed by atoms with Gasteiger partial charge in [0.1, 0.15) is 0 Å². The number of hydrogen-bond acceptors (Lipinski definition) is 4. The van der Waals surface area contributed by atoms with Crippen LogP contribution in [-0.4, -0.2) is 8.42 Å². The highest BCUT2D eigenvalue weighted by atomic mass is 32.2. The molecular weight excluding hydrogens is 286 g/mol. The summed E-state index contributed by atoms with van der Waals surface area (Å²) < 4.78 is 22.7. The molecule has 2 rings (SSSR count). The Morgan fingerprint density at radius 1 is 1.19 bits per heavy atom. The average molecular weight is 301 g/mol. The van der Waals surface area contributed by atoms with E-state index >= 15 is 0 Å². The number of anilines is 1. The van der Waals surface area contributed by atoms with Gasteiger partial charge in [0.05, 0.1) is 16.5 Å². The molecule has 0 amide bonds. The summed E-state index contributed by atoms with van der Waals surface area (Å²) in [6.07, 6.45) is 0. The molecule has 0 aliphatic rings. The van der Waals surface area contributed by atoms with Crippen LogP contribution in [0.1, 0.15) is 24.1 Å². The zero-order chi connectivity index (χ0) is 15.5. The van der Waals surface area contributed by atoms with Gasteiger partial charge >= 0.3 is 0 Å². The van der Waals surface area contributed by atoms with Crippen LogP contribution in [0, 0.1) is 11.3 Å². The van der Waals surface area contributed by atoms with Crippen LogP contribution in [0.15, 0.2) is 53.4 Å². The van der Waals surface area contributed by atoms with Gasteiger partial charge in [-0.05, 0) is 42.8 Å². The van der Waals surface area contributed by atoms with Crippen LogP contribution in [0.2, 0.25) is 0 Å². The van der Waals surface area contributed by atoms with E-state index < -0.39 is 10.0 Å². The molecule has 0 bridgehead atoms. The molecular formula is C15H15N3O2S. The van der Waals surface area contributed by atoms with Crippen molar-refractivity contribution in [2.75, 3.05) is 5.32 Å². The zero-order valence-corrected chi connectivity index (χ0v) is 12.3. The normalized spacial score (nSPS) is 12.4. The maximum absolute atomic E-state index is 11.4. The van der Waals surface area contributed by atoms with Crippen molar-refractivity contribution in [1.82, 2.24) is 0 Å². The van der Waals surface area contributed by atoms with E-state index in [-0.39, 0.29) is 10.9 Å². The van der Waals surface area contributed by atoms with Crippen LogP contribution in [0.4, 0.5) is 5.69 Å². The van der Waals surface area contributed by atoms with E-state index in [1.165, 1.54) is 6.07 Å². The van der Waals surface area contributed by atoms with Gasteiger partial charge in [-0.2, -0.15) is 5.26 Å². The number of primary sulfonamides is 1. The Bertz CT molecular complexity index is 795. The monoisotopic (exact) mass is 301 g/mol. The van der Waals surface area contributed by atoms with Crippen LogP contribution in [0.3, 0.4) is 0 Å². The van der Waals surface area contributed by atoms with Crippen LogP contribution < -0.4 is 10.5 Å². The molecule has 0 spiro atoms. The second-order valence-corrected chi connectivity index (χ2v) is 6.24. The van der Waals surface area contributed by atoms with Crippen molar-refractivity contribution >= 4 is 15.7 Å². The van der Waals surface area contributed by atoms with E-state index in [4.69, 9.17) is 10.4 Å². The fourth-order valence-corrected chi connectivity index (χ4v) is 2.54. The van der Waals surface area contributed by atoms with Crippen LogP contribution in [-0.2, 0) is 10.0 Å². The summed E-state index contributed by atoms with van der Waals surface area (Å²) in [6, 6.07) is 15.5. The lowest BCUT2D eigenvalue weighted by molar-refractivity contribution is 0.597. The van der Waals surface area contributed by atoms with Gasteiger partial charge in [0.15, 0.2) is 0 Å². The molecule has 3 N–H and O–H groups in total. The van der Waals surface area contributed by atoms with Gasteiger partial charge < -0.3 is 5.32 Å². The second kappa shape index (κ2) is 5.95. The molecule has 2 aromatic carbocycles. The van der Waals surface area contributed by atoms with Crippen molar-refractivity contribution in [2.45, 2.75) is 17.9 Å². The lowest BCUT2D eigenvalue weighted by atomic mass is 10.1. The fourth-order valence-electron chi connectivity index (χ4n) is 1.97. The quantitative estimate of drug-likeness (QED) is 0.906. The van der Waals surface area contributed by atoms with E-state index in [0.29, 0.717) is 5.56 Å². The largest absolute Gasteiger partial charge is 0.378 e. The molecule has 1 atom stereocenters. The van der Waals surface area contributed by atoms with Gasteiger partial charge in [0.2, 0.25) is 10.0 Å². The third-order valence-corrected chi connectivity index (χ3v) is 3.97. The Morgan fingerprint density at radius 3 is 2.57 bits per heavy atom. The molecule has 6 heteroatoms. The molecule has 0 aromatic heterocycles. The summed E-state index contributed by atoms with van der Waals surface area (Å²) in [6.45, 7) is 1.90. The van der Waals surface area contributed by atoms with E-state index in [0.717, 1.165) is 11.3 Å². The predicted molar refractivity (Wildman–Crippen MR) is 81.0 cm³/mol. The first kappa shape index (κ1) is 15.0. The summed E-state index contributed by atoms with van der Waals surface area (Å²) in [4.78, 5) is 0.0828. The Balaban J connectivity index is 2.24. The molecule has 21 heavy (non-hydrogen) atoms. The molecule has 0 saturated heterocycles. The highest BCUT2D eigenvalue weighted by molar-refractivity contribution is 7.89. The molecule has 0 heterocycles. The third kappa shape index (κ3) is 3.81. The highest BCUT2D eigenvalue weighted by Gasteiger charge is 2.11. The van der Waals surface area contributed by atoms with Gasteiger partial charge in [-0.15, -0.1) is 0 Å². The summed E-state index contributed by atoms with van der Waals surface area (Å²) >= 11 is 0. The van der Waals surface area contributed by atoms with Crippen LogP contribution in [0.5, 0.6) is 0 Å². The Kier molecular flexibility index (Phi) is 4.26. The number of nitrogens with two attached hydrogens (primary N) is 1. The van der Waals surface area contributed by atoms with Crippen LogP contribution >= 0.6 is 0 Å². The van der Waals surface area contributed by atoms with Crippen molar-refractivity contribution in [3.05, 3.63) is 59.7 Å². The number of hydrogen-bond donors (Lipinski definition) is 2. The molecule has 0 aliphatic heterocycles.